The van der Waals surface area contributed by atoms with Crippen LogP contribution in [0.1, 0.15) is 17.3 Å². The summed E-state index contributed by atoms with van der Waals surface area (Å²) in [6.07, 6.45) is 7.30. The van der Waals surface area contributed by atoms with Crippen molar-refractivity contribution in [3.05, 3.63) is 54.1 Å². The monoisotopic (exact) mass is 245 g/mol. The average molecular weight is 245 g/mol. The second kappa shape index (κ2) is 5.80. The summed E-state index contributed by atoms with van der Waals surface area (Å²) < 4.78 is 0. The summed E-state index contributed by atoms with van der Waals surface area (Å²) in [5.74, 6) is 0. The lowest BCUT2D eigenvalue weighted by molar-refractivity contribution is 0.656. The van der Waals surface area contributed by atoms with Gasteiger partial charge in [-0.3, -0.25) is 9.97 Å². The predicted molar refractivity (Wildman–Crippen MR) is 71.2 cm³/mol. The van der Waals surface area contributed by atoms with E-state index >= 15 is 0 Å². The Morgan fingerprint density at radius 3 is 2.71 bits per heavy atom. The molecular formula is C13H15N3S. The van der Waals surface area contributed by atoms with E-state index in [9.17, 15) is 0 Å². The summed E-state index contributed by atoms with van der Waals surface area (Å²) in [5.41, 5.74) is 2.18. The highest BCUT2D eigenvalue weighted by Gasteiger charge is 2.16. The quantitative estimate of drug-likeness (QED) is 0.840. The number of aromatic nitrogens is 2. The molecule has 0 aliphatic rings. The lowest BCUT2D eigenvalue weighted by Gasteiger charge is -2.18. The molecule has 2 rings (SSSR count). The molecule has 2 aromatic rings. The van der Waals surface area contributed by atoms with Crippen molar-refractivity contribution in [1.82, 2.24) is 15.3 Å². The molecule has 0 bridgehead atoms. The van der Waals surface area contributed by atoms with Crippen LogP contribution in [-0.4, -0.2) is 23.3 Å². The summed E-state index contributed by atoms with van der Waals surface area (Å²) in [5, 5.41) is 3.29. The number of rotatable bonds is 4. The fourth-order valence-electron chi connectivity index (χ4n) is 1.83. The van der Waals surface area contributed by atoms with E-state index < -0.39 is 0 Å². The number of nitrogens with one attached hydrogen (secondary N) is 1. The van der Waals surface area contributed by atoms with Crippen LogP contribution in [0.25, 0.3) is 0 Å². The summed E-state index contributed by atoms with van der Waals surface area (Å²) in [4.78, 5) is 9.75. The molecule has 0 fully saturated rings. The van der Waals surface area contributed by atoms with Crippen molar-refractivity contribution in [2.24, 2.45) is 0 Å². The normalized spacial score (nSPS) is 12.4. The van der Waals surface area contributed by atoms with Gasteiger partial charge in [-0.1, -0.05) is 18.2 Å². The van der Waals surface area contributed by atoms with Gasteiger partial charge in [0.15, 0.2) is 0 Å². The van der Waals surface area contributed by atoms with Gasteiger partial charge in [0, 0.05) is 17.3 Å². The number of thioether (sulfide) groups is 1. The molecule has 1 unspecified atom stereocenters. The molecule has 0 amide bonds. The van der Waals surface area contributed by atoms with Gasteiger partial charge >= 0.3 is 0 Å². The molecule has 17 heavy (non-hydrogen) atoms. The SMILES string of the molecule is CNC(c1cnccn1)c1ccccc1SC. The summed E-state index contributed by atoms with van der Waals surface area (Å²) in [6, 6.07) is 8.45. The van der Waals surface area contributed by atoms with E-state index in [-0.39, 0.29) is 6.04 Å². The lowest BCUT2D eigenvalue weighted by atomic mass is 10.0. The molecular weight excluding hydrogens is 230 g/mol. The Morgan fingerprint density at radius 2 is 2.06 bits per heavy atom. The van der Waals surface area contributed by atoms with Crippen molar-refractivity contribution >= 4 is 11.8 Å². The van der Waals surface area contributed by atoms with E-state index in [1.165, 1.54) is 10.5 Å². The minimum absolute atomic E-state index is 0.0901. The Balaban J connectivity index is 2.42. The van der Waals surface area contributed by atoms with Crippen molar-refractivity contribution in [2.45, 2.75) is 10.9 Å². The zero-order valence-corrected chi connectivity index (χ0v) is 10.7. The number of hydrogen-bond donors (Lipinski definition) is 1. The Kier molecular flexibility index (Phi) is 4.12. The summed E-state index contributed by atoms with van der Waals surface area (Å²) >= 11 is 1.75. The molecule has 1 aromatic carbocycles. The van der Waals surface area contributed by atoms with Crippen LogP contribution in [-0.2, 0) is 0 Å². The zero-order valence-electron chi connectivity index (χ0n) is 9.92. The van der Waals surface area contributed by atoms with Crippen LogP contribution in [0.4, 0.5) is 0 Å². The highest BCUT2D eigenvalue weighted by molar-refractivity contribution is 7.98. The minimum atomic E-state index is 0.0901. The molecule has 1 N–H and O–H groups in total. The topological polar surface area (TPSA) is 37.8 Å². The average Bonchev–Trinajstić information content (AvgIpc) is 2.41. The van der Waals surface area contributed by atoms with Crippen LogP contribution in [0.5, 0.6) is 0 Å². The highest BCUT2D eigenvalue weighted by Crippen LogP contribution is 2.28. The Bertz CT molecular complexity index is 473. The largest absolute Gasteiger partial charge is 0.308 e. The molecule has 0 aliphatic carbocycles. The van der Waals surface area contributed by atoms with Crippen molar-refractivity contribution < 1.29 is 0 Å². The van der Waals surface area contributed by atoms with Gasteiger partial charge in [0.25, 0.3) is 0 Å². The van der Waals surface area contributed by atoms with Gasteiger partial charge in [-0.2, -0.15) is 0 Å². The standard InChI is InChI=1S/C13H15N3S/c1-14-13(11-9-15-7-8-16-11)10-5-3-4-6-12(10)17-2/h3-9,13-14H,1-2H3. The Hall–Kier alpha value is -1.39. The van der Waals surface area contributed by atoms with Crippen molar-refractivity contribution in [1.29, 1.82) is 0 Å². The van der Waals surface area contributed by atoms with Gasteiger partial charge < -0.3 is 5.32 Å². The fraction of sp³-hybridized carbons (Fsp3) is 0.231. The molecule has 1 atom stereocenters. The zero-order chi connectivity index (χ0) is 12.1. The van der Waals surface area contributed by atoms with E-state index in [4.69, 9.17) is 0 Å². The molecule has 4 heteroatoms. The van der Waals surface area contributed by atoms with E-state index in [1.54, 1.807) is 30.4 Å². The first-order valence-corrected chi connectivity index (χ1v) is 6.65. The molecule has 0 saturated carbocycles. The molecule has 88 valence electrons. The number of hydrogen-bond acceptors (Lipinski definition) is 4. The Morgan fingerprint density at radius 1 is 1.24 bits per heavy atom. The number of nitrogens with zero attached hydrogens (tertiary/aromatic N) is 2. The second-order valence-corrected chi connectivity index (χ2v) is 4.44. The van der Waals surface area contributed by atoms with Crippen LogP contribution in [0.15, 0.2) is 47.8 Å². The first-order chi connectivity index (χ1) is 8.36. The third-order valence-electron chi connectivity index (χ3n) is 2.62. The molecule has 3 nitrogen and oxygen atoms in total. The van der Waals surface area contributed by atoms with E-state index in [2.05, 4.69) is 45.8 Å². The van der Waals surface area contributed by atoms with Gasteiger partial charge in [-0.25, -0.2) is 0 Å². The molecule has 1 aromatic heterocycles. The molecule has 1 heterocycles. The summed E-state index contributed by atoms with van der Waals surface area (Å²) in [6.45, 7) is 0. The summed E-state index contributed by atoms with van der Waals surface area (Å²) in [7, 11) is 1.94. The van der Waals surface area contributed by atoms with E-state index in [0.717, 1.165) is 5.69 Å². The lowest BCUT2D eigenvalue weighted by Crippen LogP contribution is -2.19. The first-order valence-electron chi connectivity index (χ1n) is 5.43. The van der Waals surface area contributed by atoms with Crippen molar-refractivity contribution in [2.75, 3.05) is 13.3 Å². The van der Waals surface area contributed by atoms with Crippen LogP contribution in [0.2, 0.25) is 0 Å². The third-order valence-corrected chi connectivity index (χ3v) is 3.43. The van der Waals surface area contributed by atoms with Gasteiger partial charge in [-0.05, 0) is 24.9 Å². The third kappa shape index (κ3) is 2.65. The van der Waals surface area contributed by atoms with Gasteiger partial charge in [-0.15, -0.1) is 11.8 Å². The molecule has 0 spiro atoms. The molecule has 0 saturated heterocycles. The van der Waals surface area contributed by atoms with Crippen molar-refractivity contribution in [3.8, 4) is 0 Å². The van der Waals surface area contributed by atoms with Crippen LogP contribution in [0, 0.1) is 0 Å². The molecule has 0 aliphatic heterocycles. The minimum Gasteiger partial charge on any atom is -0.308 e. The smallest absolute Gasteiger partial charge is 0.0801 e. The molecule has 0 radical (unpaired) electrons. The van der Waals surface area contributed by atoms with Gasteiger partial charge in [0.1, 0.15) is 0 Å². The van der Waals surface area contributed by atoms with Gasteiger partial charge in [0.05, 0.1) is 17.9 Å². The second-order valence-electron chi connectivity index (χ2n) is 3.59. The first kappa shape index (κ1) is 12.1. The highest BCUT2D eigenvalue weighted by atomic mass is 32.2. The van der Waals surface area contributed by atoms with Crippen LogP contribution >= 0.6 is 11.8 Å². The van der Waals surface area contributed by atoms with Gasteiger partial charge in [0.2, 0.25) is 0 Å². The van der Waals surface area contributed by atoms with Crippen LogP contribution in [0.3, 0.4) is 0 Å². The predicted octanol–water partition coefficient (Wildman–Crippen LogP) is 2.51. The maximum Gasteiger partial charge on any atom is 0.0801 e. The van der Waals surface area contributed by atoms with Crippen molar-refractivity contribution in [3.63, 3.8) is 0 Å². The number of benzene rings is 1. The Labute approximate surface area is 106 Å². The maximum absolute atomic E-state index is 4.37. The van der Waals surface area contributed by atoms with E-state index in [0.29, 0.717) is 0 Å². The maximum atomic E-state index is 4.37. The van der Waals surface area contributed by atoms with E-state index in [1.807, 2.05) is 7.05 Å². The fourth-order valence-corrected chi connectivity index (χ4v) is 2.46. The van der Waals surface area contributed by atoms with Crippen LogP contribution < -0.4 is 5.32 Å².